The van der Waals surface area contributed by atoms with Crippen molar-refractivity contribution >= 4 is 27.5 Å². The summed E-state index contributed by atoms with van der Waals surface area (Å²) in [4.78, 5) is 23.0. The van der Waals surface area contributed by atoms with Gasteiger partial charge in [0.05, 0.1) is 18.8 Å². The van der Waals surface area contributed by atoms with Gasteiger partial charge in [-0.05, 0) is 26.0 Å². The maximum absolute atomic E-state index is 12.9. The van der Waals surface area contributed by atoms with E-state index in [0.29, 0.717) is 18.0 Å². The fourth-order valence-electron chi connectivity index (χ4n) is 3.90. The largest absolute Gasteiger partial charge is 0.491 e. The maximum atomic E-state index is 12.9. The Labute approximate surface area is 187 Å². The van der Waals surface area contributed by atoms with Crippen LogP contribution >= 0.6 is 11.3 Å². The molecular formula is C24H29N3O3S. The van der Waals surface area contributed by atoms with Crippen molar-refractivity contribution in [1.82, 2.24) is 14.8 Å². The van der Waals surface area contributed by atoms with Gasteiger partial charge in [0, 0.05) is 56.4 Å². The van der Waals surface area contributed by atoms with Gasteiger partial charge < -0.3 is 14.4 Å². The molecule has 7 heteroatoms. The third-order valence-electron chi connectivity index (χ3n) is 5.31. The first-order chi connectivity index (χ1) is 14.9. The molecule has 6 nitrogen and oxygen atoms in total. The fourth-order valence-corrected chi connectivity index (χ4v) is 5.11. The first-order valence-corrected chi connectivity index (χ1v) is 11.4. The molecule has 1 atom stereocenters. The molecule has 0 N–H and O–H groups in total. The average Bonchev–Trinajstić information content (AvgIpc) is 3.14. The molecule has 1 aromatic carbocycles. The monoisotopic (exact) mass is 439 g/mol. The number of thiophene rings is 1. The van der Waals surface area contributed by atoms with E-state index in [9.17, 15) is 4.79 Å². The molecule has 0 aliphatic carbocycles. The Hall–Kier alpha value is -2.48. The van der Waals surface area contributed by atoms with E-state index < -0.39 is 0 Å². The highest BCUT2D eigenvalue weighted by Crippen LogP contribution is 2.38. The molecule has 4 rings (SSSR count). The summed E-state index contributed by atoms with van der Waals surface area (Å²) in [5, 5.41) is 1.01. The molecular weight excluding hydrogens is 410 g/mol. The van der Waals surface area contributed by atoms with E-state index in [1.165, 1.54) is 16.9 Å². The summed E-state index contributed by atoms with van der Waals surface area (Å²) in [7, 11) is 3.56. The number of carbonyl (C=O) groups is 1. The number of aromatic nitrogens is 1. The predicted octanol–water partition coefficient (Wildman–Crippen LogP) is 4.36. The zero-order chi connectivity index (χ0) is 22.0. The summed E-state index contributed by atoms with van der Waals surface area (Å²) >= 11 is 1.45. The minimum absolute atomic E-state index is 0.00518. The lowest BCUT2D eigenvalue weighted by atomic mass is 10.0. The molecule has 2 aromatic heterocycles. The summed E-state index contributed by atoms with van der Waals surface area (Å²) in [6, 6.07) is 12.2. The highest BCUT2D eigenvalue weighted by atomic mass is 32.1. The van der Waals surface area contributed by atoms with Crippen LogP contribution in [-0.4, -0.2) is 60.6 Å². The Balaban J connectivity index is 1.62. The lowest BCUT2D eigenvalue weighted by Crippen LogP contribution is -2.38. The summed E-state index contributed by atoms with van der Waals surface area (Å²) in [5.41, 5.74) is 2.13. The lowest BCUT2D eigenvalue weighted by molar-refractivity contribution is -0.0326. The first kappa shape index (κ1) is 21.7. The number of benzene rings is 1. The second-order valence-corrected chi connectivity index (χ2v) is 9.27. The molecule has 0 spiro atoms. The van der Waals surface area contributed by atoms with Gasteiger partial charge in [-0.25, -0.2) is 4.98 Å². The molecule has 1 unspecified atom stereocenters. The topological polar surface area (TPSA) is 54.9 Å². The predicted molar refractivity (Wildman–Crippen MR) is 124 cm³/mol. The quantitative estimate of drug-likeness (QED) is 0.571. The number of amides is 1. The van der Waals surface area contributed by atoms with Crippen LogP contribution in [0, 0.1) is 0 Å². The van der Waals surface area contributed by atoms with Crippen LogP contribution in [0.15, 0.2) is 42.6 Å². The number of nitrogens with zero attached hydrogens (tertiary/aromatic N) is 3. The maximum Gasteiger partial charge on any atom is 0.263 e. The van der Waals surface area contributed by atoms with Crippen molar-refractivity contribution in [3.05, 3.63) is 58.6 Å². The van der Waals surface area contributed by atoms with E-state index >= 15 is 0 Å². The third-order valence-corrected chi connectivity index (χ3v) is 6.42. The number of fused-ring (bicyclic) bond motifs is 1. The van der Waals surface area contributed by atoms with Crippen molar-refractivity contribution in [3.8, 4) is 5.75 Å². The highest BCUT2D eigenvalue weighted by Gasteiger charge is 2.31. The van der Waals surface area contributed by atoms with Crippen LogP contribution in [0.3, 0.4) is 0 Å². The molecule has 1 amide bonds. The van der Waals surface area contributed by atoms with Gasteiger partial charge in [0.15, 0.2) is 0 Å². The van der Waals surface area contributed by atoms with Crippen LogP contribution in [0.25, 0.3) is 10.2 Å². The molecule has 0 saturated carbocycles. The number of para-hydroxylation sites is 1. The van der Waals surface area contributed by atoms with Crippen molar-refractivity contribution < 1.29 is 14.3 Å². The van der Waals surface area contributed by atoms with Crippen LogP contribution in [0.2, 0.25) is 0 Å². The average molecular weight is 440 g/mol. The number of pyridine rings is 1. The summed E-state index contributed by atoms with van der Waals surface area (Å²) < 4.78 is 12.2. The van der Waals surface area contributed by atoms with Crippen molar-refractivity contribution in [1.29, 1.82) is 0 Å². The van der Waals surface area contributed by atoms with Gasteiger partial charge in [-0.15, -0.1) is 11.3 Å². The van der Waals surface area contributed by atoms with Gasteiger partial charge in [-0.3, -0.25) is 9.69 Å². The number of hydrogen-bond acceptors (Lipinski definition) is 6. The molecule has 31 heavy (non-hydrogen) atoms. The Kier molecular flexibility index (Phi) is 6.55. The smallest absolute Gasteiger partial charge is 0.263 e. The van der Waals surface area contributed by atoms with Crippen LogP contribution in [0.4, 0.5) is 0 Å². The van der Waals surface area contributed by atoms with Gasteiger partial charge in [0.2, 0.25) is 0 Å². The van der Waals surface area contributed by atoms with Crippen LogP contribution in [-0.2, 0) is 11.3 Å². The number of carbonyl (C=O) groups excluding carboxylic acids is 1. The highest BCUT2D eigenvalue weighted by molar-refractivity contribution is 7.20. The Morgan fingerprint density at radius 1 is 1.29 bits per heavy atom. The van der Waals surface area contributed by atoms with Gasteiger partial charge >= 0.3 is 0 Å². The normalized spacial score (nSPS) is 17.3. The fraction of sp³-hybridized carbons (Fsp3) is 0.417. The second-order valence-electron chi connectivity index (χ2n) is 8.27. The zero-order valence-electron chi connectivity index (χ0n) is 18.5. The van der Waals surface area contributed by atoms with E-state index in [-0.39, 0.29) is 18.1 Å². The van der Waals surface area contributed by atoms with Crippen molar-refractivity contribution in [2.24, 2.45) is 0 Å². The molecule has 1 aliphatic rings. The molecule has 1 aliphatic heterocycles. The van der Waals surface area contributed by atoms with Crippen molar-refractivity contribution in [2.75, 3.05) is 33.8 Å². The van der Waals surface area contributed by atoms with Gasteiger partial charge in [0.1, 0.15) is 15.5 Å². The van der Waals surface area contributed by atoms with Gasteiger partial charge in [-0.1, -0.05) is 24.3 Å². The molecule has 1 fully saturated rings. The first-order valence-electron chi connectivity index (χ1n) is 10.6. The Bertz CT molecular complexity index is 1060. The van der Waals surface area contributed by atoms with Crippen LogP contribution in [0.5, 0.6) is 5.75 Å². The van der Waals surface area contributed by atoms with Crippen LogP contribution < -0.4 is 4.74 Å². The van der Waals surface area contributed by atoms with E-state index in [2.05, 4.69) is 16.0 Å². The molecule has 164 valence electrons. The van der Waals surface area contributed by atoms with E-state index in [1.54, 1.807) is 25.2 Å². The third kappa shape index (κ3) is 4.74. The Morgan fingerprint density at radius 2 is 2.10 bits per heavy atom. The van der Waals surface area contributed by atoms with E-state index in [4.69, 9.17) is 9.47 Å². The molecule has 3 heterocycles. The number of hydrogen-bond donors (Lipinski definition) is 0. The number of ether oxygens (including phenoxy) is 2. The summed E-state index contributed by atoms with van der Waals surface area (Å²) in [5.74, 6) is 0.920. The summed E-state index contributed by atoms with van der Waals surface area (Å²) in [6.45, 7) is 7.03. The minimum Gasteiger partial charge on any atom is -0.491 e. The lowest BCUT2D eigenvalue weighted by Gasteiger charge is -2.34. The second kappa shape index (κ2) is 9.34. The van der Waals surface area contributed by atoms with Crippen molar-refractivity contribution in [2.45, 2.75) is 32.6 Å². The number of morpholine rings is 1. The SMILES string of the molecule is CC(C)Oc1ccccc1CN1CCOC(c2c(C(=O)N(C)C)sc3ncccc23)C1. The van der Waals surface area contributed by atoms with Crippen molar-refractivity contribution in [3.63, 3.8) is 0 Å². The number of rotatable bonds is 6. The molecule has 0 radical (unpaired) electrons. The molecule has 3 aromatic rings. The van der Waals surface area contributed by atoms with E-state index in [1.807, 2.05) is 44.2 Å². The molecule has 0 bridgehead atoms. The molecule has 1 saturated heterocycles. The zero-order valence-corrected chi connectivity index (χ0v) is 19.3. The summed E-state index contributed by atoms with van der Waals surface area (Å²) in [6.07, 6.45) is 1.72. The van der Waals surface area contributed by atoms with Crippen LogP contribution in [0.1, 0.15) is 40.8 Å². The standard InChI is InChI=1S/C24H29N3O3S/c1-16(2)30-19-10-6-5-8-17(19)14-27-12-13-29-20(15-27)21-18-9-7-11-25-23(18)31-22(21)24(28)26(3)4/h5-11,16,20H,12-15H2,1-4H3. The van der Waals surface area contributed by atoms with Gasteiger partial charge in [0.25, 0.3) is 5.91 Å². The minimum atomic E-state index is -0.177. The van der Waals surface area contributed by atoms with E-state index in [0.717, 1.165) is 34.6 Å². The Morgan fingerprint density at radius 3 is 2.87 bits per heavy atom. The van der Waals surface area contributed by atoms with Gasteiger partial charge in [-0.2, -0.15) is 0 Å².